The van der Waals surface area contributed by atoms with Gasteiger partial charge in [0.05, 0.1) is 0 Å². The van der Waals surface area contributed by atoms with Gasteiger partial charge in [0.25, 0.3) is 0 Å². The van der Waals surface area contributed by atoms with E-state index in [-0.39, 0.29) is 0 Å². The van der Waals surface area contributed by atoms with Crippen LogP contribution in [-0.4, -0.2) is 24.5 Å². The Kier molecular flexibility index (Phi) is 6.25. The van der Waals surface area contributed by atoms with E-state index in [0.717, 1.165) is 12.5 Å². The highest BCUT2D eigenvalue weighted by atomic mass is 15.2. The fraction of sp³-hybridized carbons (Fsp3) is 0.684. The molecule has 0 spiro atoms. The molecule has 2 nitrogen and oxygen atoms in total. The predicted molar refractivity (Wildman–Crippen MR) is 91.5 cm³/mol. The molecular formula is C19H32N2. The van der Waals surface area contributed by atoms with Gasteiger partial charge < -0.3 is 5.73 Å². The molecule has 0 saturated carbocycles. The van der Waals surface area contributed by atoms with E-state index in [9.17, 15) is 0 Å². The van der Waals surface area contributed by atoms with Crippen LogP contribution in [0.25, 0.3) is 0 Å². The first-order chi connectivity index (χ1) is 10.2. The van der Waals surface area contributed by atoms with Gasteiger partial charge in [-0.1, -0.05) is 51.5 Å². The van der Waals surface area contributed by atoms with Crippen LogP contribution >= 0.6 is 0 Å². The quantitative estimate of drug-likeness (QED) is 0.874. The van der Waals surface area contributed by atoms with E-state index in [1.807, 2.05) is 0 Å². The van der Waals surface area contributed by atoms with E-state index in [4.69, 9.17) is 5.73 Å². The van der Waals surface area contributed by atoms with Gasteiger partial charge in [-0.2, -0.15) is 0 Å². The summed E-state index contributed by atoms with van der Waals surface area (Å²) in [6.45, 7) is 9.93. The zero-order valence-corrected chi connectivity index (χ0v) is 14.0. The molecule has 0 aliphatic carbocycles. The summed E-state index contributed by atoms with van der Waals surface area (Å²) in [6, 6.07) is 9.51. The van der Waals surface area contributed by atoms with Gasteiger partial charge in [-0.05, 0) is 55.3 Å². The number of hydrogen-bond donors (Lipinski definition) is 1. The second kappa shape index (κ2) is 7.95. The SMILES string of the molecule is CCC1CCCN(C(CN)c2ccc(C(C)C)cc2)CC1. The Labute approximate surface area is 130 Å². The van der Waals surface area contributed by atoms with Gasteiger partial charge in [0.2, 0.25) is 0 Å². The first kappa shape index (κ1) is 16.5. The van der Waals surface area contributed by atoms with Gasteiger partial charge in [0.15, 0.2) is 0 Å². The molecule has 118 valence electrons. The van der Waals surface area contributed by atoms with E-state index in [1.165, 1.54) is 49.9 Å². The molecule has 21 heavy (non-hydrogen) atoms. The van der Waals surface area contributed by atoms with Crippen molar-refractivity contribution in [2.24, 2.45) is 11.7 Å². The highest BCUT2D eigenvalue weighted by Crippen LogP contribution is 2.27. The average molecular weight is 288 g/mol. The average Bonchev–Trinajstić information content (AvgIpc) is 2.74. The topological polar surface area (TPSA) is 29.3 Å². The summed E-state index contributed by atoms with van der Waals surface area (Å²) >= 11 is 0. The van der Waals surface area contributed by atoms with Gasteiger partial charge in [0.1, 0.15) is 0 Å². The van der Waals surface area contributed by atoms with Crippen molar-refractivity contribution in [2.75, 3.05) is 19.6 Å². The summed E-state index contributed by atoms with van der Waals surface area (Å²) < 4.78 is 0. The van der Waals surface area contributed by atoms with Crippen LogP contribution in [0, 0.1) is 5.92 Å². The van der Waals surface area contributed by atoms with Crippen molar-refractivity contribution in [1.29, 1.82) is 0 Å². The number of nitrogens with two attached hydrogens (primary N) is 1. The molecular weight excluding hydrogens is 256 g/mol. The third-order valence-electron chi connectivity index (χ3n) is 5.11. The summed E-state index contributed by atoms with van der Waals surface area (Å²) in [6.07, 6.45) is 5.36. The lowest BCUT2D eigenvalue weighted by Gasteiger charge is -2.30. The molecule has 1 aromatic carbocycles. The highest BCUT2D eigenvalue weighted by Gasteiger charge is 2.22. The maximum atomic E-state index is 6.11. The van der Waals surface area contributed by atoms with Crippen molar-refractivity contribution >= 4 is 0 Å². The minimum atomic E-state index is 0.391. The van der Waals surface area contributed by atoms with Gasteiger partial charge in [-0.25, -0.2) is 0 Å². The molecule has 1 heterocycles. The Hall–Kier alpha value is -0.860. The predicted octanol–water partition coefficient (Wildman–Crippen LogP) is 4.32. The van der Waals surface area contributed by atoms with Crippen molar-refractivity contribution in [2.45, 2.75) is 58.4 Å². The third kappa shape index (κ3) is 4.31. The highest BCUT2D eigenvalue weighted by molar-refractivity contribution is 5.27. The lowest BCUT2D eigenvalue weighted by atomic mass is 9.97. The van der Waals surface area contributed by atoms with Crippen LogP contribution in [0.2, 0.25) is 0 Å². The summed E-state index contributed by atoms with van der Waals surface area (Å²) in [5, 5.41) is 0. The molecule has 1 aromatic rings. The molecule has 0 bridgehead atoms. The van der Waals surface area contributed by atoms with E-state index < -0.39 is 0 Å². The van der Waals surface area contributed by atoms with Crippen LogP contribution in [0.3, 0.4) is 0 Å². The Morgan fingerprint density at radius 3 is 2.33 bits per heavy atom. The molecule has 2 N–H and O–H groups in total. The fourth-order valence-electron chi connectivity index (χ4n) is 3.51. The Bertz CT molecular complexity index is 410. The molecule has 1 aliphatic heterocycles. The van der Waals surface area contributed by atoms with Gasteiger partial charge in [0, 0.05) is 12.6 Å². The monoisotopic (exact) mass is 288 g/mol. The first-order valence-corrected chi connectivity index (χ1v) is 8.69. The third-order valence-corrected chi connectivity index (χ3v) is 5.11. The normalized spacial score (nSPS) is 22.2. The molecule has 0 amide bonds. The largest absolute Gasteiger partial charge is 0.329 e. The minimum absolute atomic E-state index is 0.391. The molecule has 1 saturated heterocycles. The Morgan fingerprint density at radius 1 is 1.10 bits per heavy atom. The van der Waals surface area contributed by atoms with Crippen molar-refractivity contribution in [3.8, 4) is 0 Å². The molecule has 2 rings (SSSR count). The molecule has 1 aliphatic rings. The van der Waals surface area contributed by atoms with E-state index >= 15 is 0 Å². The van der Waals surface area contributed by atoms with Crippen molar-refractivity contribution in [3.05, 3.63) is 35.4 Å². The minimum Gasteiger partial charge on any atom is -0.329 e. The molecule has 0 radical (unpaired) electrons. The lowest BCUT2D eigenvalue weighted by molar-refractivity contribution is 0.206. The smallest absolute Gasteiger partial charge is 0.0470 e. The summed E-state index contributed by atoms with van der Waals surface area (Å²) in [5.41, 5.74) is 8.91. The molecule has 2 atom stereocenters. The second-order valence-electron chi connectivity index (χ2n) is 6.81. The summed E-state index contributed by atoms with van der Waals surface area (Å²) in [5.74, 6) is 1.51. The number of rotatable bonds is 5. The fourth-order valence-corrected chi connectivity index (χ4v) is 3.51. The molecule has 2 heteroatoms. The maximum Gasteiger partial charge on any atom is 0.0470 e. The zero-order chi connectivity index (χ0) is 15.2. The Morgan fingerprint density at radius 2 is 1.76 bits per heavy atom. The van der Waals surface area contributed by atoms with E-state index in [2.05, 4.69) is 49.9 Å². The summed E-state index contributed by atoms with van der Waals surface area (Å²) in [4.78, 5) is 2.61. The van der Waals surface area contributed by atoms with Gasteiger partial charge in [-0.15, -0.1) is 0 Å². The number of nitrogens with zero attached hydrogens (tertiary/aromatic N) is 1. The number of hydrogen-bond acceptors (Lipinski definition) is 2. The second-order valence-corrected chi connectivity index (χ2v) is 6.81. The van der Waals surface area contributed by atoms with E-state index in [1.54, 1.807) is 0 Å². The standard InChI is InChI=1S/C19H32N2/c1-4-16-6-5-12-21(13-11-16)19(14-20)18-9-7-17(8-10-18)15(2)3/h7-10,15-16,19H,4-6,11-14,20H2,1-3H3. The van der Waals surface area contributed by atoms with Gasteiger partial charge >= 0.3 is 0 Å². The van der Waals surface area contributed by atoms with Crippen molar-refractivity contribution in [3.63, 3.8) is 0 Å². The van der Waals surface area contributed by atoms with Crippen LogP contribution in [0.5, 0.6) is 0 Å². The van der Waals surface area contributed by atoms with Crippen molar-refractivity contribution in [1.82, 2.24) is 4.90 Å². The van der Waals surface area contributed by atoms with E-state index in [0.29, 0.717) is 12.0 Å². The Balaban J connectivity index is 2.07. The van der Waals surface area contributed by atoms with Gasteiger partial charge in [-0.3, -0.25) is 4.90 Å². The van der Waals surface area contributed by atoms with Crippen LogP contribution in [0.1, 0.15) is 69.5 Å². The van der Waals surface area contributed by atoms with Crippen LogP contribution in [-0.2, 0) is 0 Å². The molecule has 2 unspecified atom stereocenters. The number of likely N-dealkylation sites (tertiary alicyclic amines) is 1. The lowest BCUT2D eigenvalue weighted by Crippen LogP contribution is -2.34. The van der Waals surface area contributed by atoms with Crippen LogP contribution < -0.4 is 5.73 Å². The molecule has 0 aromatic heterocycles. The number of benzene rings is 1. The van der Waals surface area contributed by atoms with Crippen LogP contribution in [0.15, 0.2) is 24.3 Å². The maximum absolute atomic E-state index is 6.11. The van der Waals surface area contributed by atoms with Crippen LogP contribution in [0.4, 0.5) is 0 Å². The molecule has 1 fully saturated rings. The summed E-state index contributed by atoms with van der Waals surface area (Å²) in [7, 11) is 0. The zero-order valence-electron chi connectivity index (χ0n) is 14.0. The van der Waals surface area contributed by atoms with Crippen molar-refractivity contribution < 1.29 is 0 Å². The first-order valence-electron chi connectivity index (χ1n) is 8.69.